The summed E-state index contributed by atoms with van der Waals surface area (Å²) in [4.78, 5) is 17.7. The number of anilines is 4. The molecule has 3 aromatic heterocycles. The molecule has 11 heteroatoms. The van der Waals surface area contributed by atoms with Crippen LogP contribution in [0.4, 0.5) is 27.8 Å². The Morgan fingerprint density at radius 2 is 2.06 bits per heavy atom. The summed E-state index contributed by atoms with van der Waals surface area (Å²) in [5.41, 5.74) is 0.0135. The van der Waals surface area contributed by atoms with E-state index in [9.17, 15) is 9.50 Å². The highest BCUT2D eigenvalue weighted by atomic mass is 19.1. The lowest BCUT2D eigenvalue weighted by Gasteiger charge is -2.55. The monoisotopic (exact) mass is 496 g/mol. The minimum atomic E-state index is -1.36. The van der Waals surface area contributed by atoms with Crippen LogP contribution in [0, 0.1) is 5.41 Å². The van der Waals surface area contributed by atoms with E-state index in [4.69, 9.17) is 9.84 Å². The molecule has 10 nitrogen and oxygen atoms in total. The van der Waals surface area contributed by atoms with Crippen LogP contribution in [0.2, 0.25) is 0 Å². The van der Waals surface area contributed by atoms with Crippen molar-refractivity contribution in [2.75, 3.05) is 54.5 Å². The van der Waals surface area contributed by atoms with Gasteiger partial charge in [-0.3, -0.25) is 4.68 Å². The van der Waals surface area contributed by atoms with E-state index in [0.29, 0.717) is 36.0 Å². The van der Waals surface area contributed by atoms with Gasteiger partial charge in [0.1, 0.15) is 17.8 Å². The van der Waals surface area contributed by atoms with Crippen molar-refractivity contribution in [3.05, 3.63) is 24.5 Å². The third kappa shape index (κ3) is 3.94. The molecule has 36 heavy (non-hydrogen) atoms. The summed E-state index contributed by atoms with van der Waals surface area (Å²) >= 11 is 0. The van der Waals surface area contributed by atoms with Crippen LogP contribution >= 0.6 is 0 Å². The number of alkyl halides is 1. The summed E-state index contributed by atoms with van der Waals surface area (Å²) in [6.45, 7) is 10.0. The average molecular weight is 497 g/mol. The number of hydrogen-bond donors (Lipinski definition) is 2. The Bertz CT molecular complexity index is 1270. The van der Waals surface area contributed by atoms with Gasteiger partial charge in [-0.1, -0.05) is 6.92 Å². The Hall–Kier alpha value is -3.05. The fourth-order valence-corrected chi connectivity index (χ4v) is 5.20. The van der Waals surface area contributed by atoms with Gasteiger partial charge in [0.25, 0.3) is 0 Å². The highest BCUT2D eigenvalue weighted by molar-refractivity contribution is 5.92. The van der Waals surface area contributed by atoms with Gasteiger partial charge in [0.2, 0.25) is 5.95 Å². The first-order chi connectivity index (χ1) is 17.3. The van der Waals surface area contributed by atoms with Crippen molar-refractivity contribution < 1.29 is 14.2 Å². The highest BCUT2D eigenvalue weighted by Crippen LogP contribution is 2.42. The zero-order valence-electron chi connectivity index (χ0n) is 21.0. The number of aromatic nitrogens is 5. The molecular weight excluding hydrogens is 463 g/mol. The normalized spacial score (nSPS) is 26.1. The maximum Gasteiger partial charge on any atom is 0.227 e. The fraction of sp³-hybridized carbons (Fsp3) is 0.600. The quantitative estimate of drug-likeness (QED) is 0.533. The molecule has 0 aromatic carbocycles. The molecule has 0 bridgehead atoms. The molecule has 192 valence electrons. The van der Waals surface area contributed by atoms with E-state index in [1.54, 1.807) is 17.2 Å². The van der Waals surface area contributed by atoms with E-state index >= 15 is 0 Å². The summed E-state index contributed by atoms with van der Waals surface area (Å²) in [6.07, 6.45) is 3.45. The van der Waals surface area contributed by atoms with Gasteiger partial charge < -0.3 is 25.0 Å². The van der Waals surface area contributed by atoms with Crippen LogP contribution in [-0.2, 0) is 4.74 Å². The molecular formula is C25H33FN8O2. The van der Waals surface area contributed by atoms with Crippen LogP contribution in [0.1, 0.15) is 39.7 Å². The van der Waals surface area contributed by atoms with Gasteiger partial charge in [0.15, 0.2) is 5.82 Å². The maximum atomic E-state index is 14.4. The molecule has 1 spiro atoms. The minimum Gasteiger partial charge on any atom is -0.387 e. The van der Waals surface area contributed by atoms with E-state index in [-0.39, 0.29) is 12.6 Å². The number of piperidine rings is 1. The largest absolute Gasteiger partial charge is 0.387 e. The first-order valence-corrected chi connectivity index (χ1v) is 12.7. The Morgan fingerprint density at radius 3 is 2.75 bits per heavy atom. The molecule has 6 heterocycles. The molecule has 3 aromatic rings. The van der Waals surface area contributed by atoms with Crippen molar-refractivity contribution in [3.8, 4) is 0 Å². The lowest BCUT2D eigenvalue weighted by Crippen LogP contribution is -2.66. The van der Waals surface area contributed by atoms with Crippen molar-refractivity contribution in [2.24, 2.45) is 5.41 Å². The lowest BCUT2D eigenvalue weighted by molar-refractivity contribution is -0.127. The molecule has 0 aliphatic carbocycles. The number of nitrogens with one attached hydrogen (secondary N) is 1. The molecule has 3 atom stereocenters. The number of halogens is 1. The van der Waals surface area contributed by atoms with Gasteiger partial charge in [-0.25, -0.2) is 14.4 Å². The predicted molar refractivity (Wildman–Crippen MR) is 136 cm³/mol. The van der Waals surface area contributed by atoms with Crippen molar-refractivity contribution >= 4 is 34.3 Å². The summed E-state index contributed by atoms with van der Waals surface area (Å²) < 4.78 is 21.9. The van der Waals surface area contributed by atoms with Crippen molar-refractivity contribution in [1.82, 2.24) is 24.7 Å². The van der Waals surface area contributed by atoms with Crippen LogP contribution in [-0.4, -0.2) is 81.0 Å². The van der Waals surface area contributed by atoms with E-state index in [1.807, 2.05) is 12.3 Å². The van der Waals surface area contributed by atoms with Crippen molar-refractivity contribution in [2.45, 2.75) is 51.4 Å². The SMILES string of the molecule is CC[C@@H](C)n1nc(N2CC3(COC3)C2)c2cnc(Nc3ccnc(N4CCC(C)(O)C(F)C4)n3)cc21. The van der Waals surface area contributed by atoms with Crippen LogP contribution in [0.3, 0.4) is 0 Å². The maximum absolute atomic E-state index is 14.4. The second-order valence-corrected chi connectivity index (χ2v) is 10.8. The van der Waals surface area contributed by atoms with Gasteiger partial charge in [-0.05, 0) is 32.8 Å². The molecule has 0 radical (unpaired) electrons. The van der Waals surface area contributed by atoms with Gasteiger partial charge in [0, 0.05) is 44.1 Å². The summed E-state index contributed by atoms with van der Waals surface area (Å²) in [5.74, 6) is 2.63. The van der Waals surface area contributed by atoms with E-state index in [2.05, 4.69) is 43.7 Å². The molecule has 2 unspecified atom stereocenters. The number of fused-ring (bicyclic) bond motifs is 1. The van der Waals surface area contributed by atoms with Crippen molar-refractivity contribution in [1.29, 1.82) is 0 Å². The minimum absolute atomic E-state index is 0.0570. The molecule has 2 N–H and O–H groups in total. The topological polar surface area (TPSA) is 104 Å². The van der Waals surface area contributed by atoms with Gasteiger partial charge in [-0.15, -0.1) is 0 Å². The summed E-state index contributed by atoms with van der Waals surface area (Å²) in [5, 5.41) is 19.5. The Kier molecular flexibility index (Phi) is 5.52. The first-order valence-electron chi connectivity index (χ1n) is 12.7. The van der Waals surface area contributed by atoms with E-state index in [1.165, 1.54) is 6.92 Å². The average Bonchev–Trinajstić information content (AvgIpc) is 3.17. The second kappa shape index (κ2) is 8.52. The molecule has 0 amide bonds. The molecule has 3 aliphatic rings. The van der Waals surface area contributed by atoms with Gasteiger partial charge in [-0.2, -0.15) is 10.1 Å². The van der Waals surface area contributed by atoms with Crippen LogP contribution in [0.5, 0.6) is 0 Å². The number of hydrogen-bond acceptors (Lipinski definition) is 9. The first kappa shape index (κ1) is 23.4. The number of rotatable bonds is 6. The third-order valence-electron chi connectivity index (χ3n) is 7.87. The number of aliphatic hydroxyl groups is 1. The smallest absolute Gasteiger partial charge is 0.227 e. The Morgan fingerprint density at radius 1 is 1.25 bits per heavy atom. The Labute approximate surface area is 209 Å². The molecule has 0 saturated carbocycles. The van der Waals surface area contributed by atoms with Crippen molar-refractivity contribution in [3.63, 3.8) is 0 Å². The lowest BCUT2D eigenvalue weighted by atomic mass is 9.78. The predicted octanol–water partition coefficient (Wildman–Crippen LogP) is 3.07. The summed E-state index contributed by atoms with van der Waals surface area (Å²) in [6, 6.07) is 4.02. The van der Waals surface area contributed by atoms with Crippen LogP contribution < -0.4 is 15.1 Å². The zero-order chi connectivity index (χ0) is 25.1. The molecule has 6 rings (SSSR count). The fourth-order valence-electron chi connectivity index (χ4n) is 5.20. The molecule has 3 fully saturated rings. The highest BCUT2D eigenvalue weighted by Gasteiger charge is 2.50. The number of ether oxygens (including phenoxy) is 1. The van der Waals surface area contributed by atoms with Crippen LogP contribution in [0.15, 0.2) is 24.5 Å². The Balaban J connectivity index is 1.25. The number of nitrogens with zero attached hydrogens (tertiary/aromatic N) is 7. The van der Waals surface area contributed by atoms with Crippen LogP contribution in [0.25, 0.3) is 10.9 Å². The summed E-state index contributed by atoms with van der Waals surface area (Å²) in [7, 11) is 0. The molecule has 3 saturated heterocycles. The standard InChI is InChI=1S/C25H33FN8O2/c1-4-16(2)34-18-9-21(28-10-17(18)22(31-34)33-12-25(13-33)14-36-15-25)29-20-5-7-27-23(30-20)32-8-6-24(3,35)19(26)11-32/h5,7,9-10,16,19,35H,4,6,8,11-15H2,1-3H3,(H,27,28,29,30)/t16-,19?,24?/m1/s1. The van der Waals surface area contributed by atoms with Gasteiger partial charge in [0.05, 0.1) is 41.7 Å². The molecule has 3 aliphatic heterocycles. The van der Waals surface area contributed by atoms with Gasteiger partial charge >= 0.3 is 0 Å². The number of pyridine rings is 1. The second-order valence-electron chi connectivity index (χ2n) is 10.8. The zero-order valence-corrected chi connectivity index (χ0v) is 21.0. The van der Waals surface area contributed by atoms with E-state index in [0.717, 1.165) is 49.4 Å². The third-order valence-corrected chi connectivity index (χ3v) is 7.87. The van der Waals surface area contributed by atoms with E-state index < -0.39 is 11.8 Å².